The van der Waals surface area contributed by atoms with Crippen molar-refractivity contribution in [3.8, 4) is 0 Å². The molecule has 22 heavy (non-hydrogen) atoms. The Labute approximate surface area is 126 Å². The Kier molecular flexibility index (Phi) is 3.62. The van der Waals surface area contributed by atoms with Gasteiger partial charge in [-0.1, -0.05) is 30.3 Å². The number of β-amino-alcohol motifs (C(OH)–C–C–N with tert-alkyl or cyclic N) is 1. The number of hydrogen-bond acceptors (Lipinski definition) is 3. The highest BCUT2D eigenvalue weighted by Crippen LogP contribution is 2.32. The standard InChI is InChI=1S/C16H14F2N2O2/c17-12-8-13(18)14(19-9-12)15(21)20-7-6-16(22,10-20)11-4-2-1-3-5-11/h1-5,8-9,22H,6-7,10H2. The van der Waals surface area contributed by atoms with Crippen LogP contribution >= 0.6 is 0 Å². The Bertz CT molecular complexity index is 709. The smallest absolute Gasteiger partial charge is 0.275 e. The molecule has 1 unspecified atom stereocenters. The summed E-state index contributed by atoms with van der Waals surface area (Å²) in [5.74, 6) is -2.49. The number of aromatic nitrogens is 1. The zero-order valence-electron chi connectivity index (χ0n) is 11.7. The van der Waals surface area contributed by atoms with Crippen LogP contribution in [0.5, 0.6) is 0 Å². The summed E-state index contributed by atoms with van der Waals surface area (Å²) in [4.78, 5) is 17.1. The molecule has 0 bridgehead atoms. The van der Waals surface area contributed by atoms with Gasteiger partial charge in [-0.2, -0.15) is 0 Å². The van der Waals surface area contributed by atoms with Crippen LogP contribution in [0.3, 0.4) is 0 Å². The van der Waals surface area contributed by atoms with Gasteiger partial charge in [0, 0.05) is 12.6 Å². The summed E-state index contributed by atoms with van der Waals surface area (Å²) in [6, 6.07) is 9.63. The van der Waals surface area contributed by atoms with E-state index in [9.17, 15) is 18.7 Å². The second kappa shape index (κ2) is 5.46. The third-order valence-corrected chi connectivity index (χ3v) is 3.86. The van der Waals surface area contributed by atoms with E-state index in [1.807, 2.05) is 6.07 Å². The van der Waals surface area contributed by atoms with Crippen LogP contribution in [-0.4, -0.2) is 34.0 Å². The minimum Gasteiger partial charge on any atom is -0.383 e. The fourth-order valence-electron chi connectivity index (χ4n) is 2.67. The van der Waals surface area contributed by atoms with Gasteiger partial charge in [0.2, 0.25) is 0 Å². The van der Waals surface area contributed by atoms with Gasteiger partial charge in [0.15, 0.2) is 11.5 Å². The van der Waals surface area contributed by atoms with E-state index in [2.05, 4.69) is 4.98 Å². The van der Waals surface area contributed by atoms with E-state index in [0.29, 0.717) is 18.1 Å². The maximum Gasteiger partial charge on any atom is 0.275 e. The summed E-state index contributed by atoms with van der Waals surface area (Å²) < 4.78 is 26.5. The lowest BCUT2D eigenvalue weighted by atomic mass is 9.93. The van der Waals surface area contributed by atoms with Gasteiger partial charge in [-0.25, -0.2) is 13.8 Å². The van der Waals surface area contributed by atoms with Gasteiger partial charge in [-0.15, -0.1) is 0 Å². The predicted octanol–water partition coefficient (Wildman–Crippen LogP) is 2.09. The molecule has 4 nitrogen and oxygen atoms in total. The molecular weight excluding hydrogens is 290 g/mol. The fourth-order valence-corrected chi connectivity index (χ4v) is 2.67. The number of likely N-dealkylation sites (tertiary alicyclic amines) is 1. The van der Waals surface area contributed by atoms with Gasteiger partial charge >= 0.3 is 0 Å². The first-order valence-electron chi connectivity index (χ1n) is 6.88. The Morgan fingerprint density at radius 3 is 2.68 bits per heavy atom. The van der Waals surface area contributed by atoms with Crippen LogP contribution in [0.25, 0.3) is 0 Å². The number of aliphatic hydroxyl groups is 1. The van der Waals surface area contributed by atoms with Crippen molar-refractivity contribution in [1.82, 2.24) is 9.88 Å². The zero-order valence-corrected chi connectivity index (χ0v) is 11.7. The highest BCUT2D eigenvalue weighted by atomic mass is 19.1. The monoisotopic (exact) mass is 304 g/mol. The molecule has 1 N–H and O–H groups in total. The maximum absolute atomic E-state index is 13.7. The van der Waals surface area contributed by atoms with E-state index in [-0.39, 0.29) is 13.1 Å². The van der Waals surface area contributed by atoms with Crippen molar-refractivity contribution in [1.29, 1.82) is 0 Å². The third kappa shape index (κ3) is 2.57. The summed E-state index contributed by atoms with van der Waals surface area (Å²) in [5, 5.41) is 10.7. The molecule has 1 aromatic carbocycles. The number of amides is 1. The maximum atomic E-state index is 13.7. The highest BCUT2D eigenvalue weighted by Gasteiger charge is 2.40. The van der Waals surface area contributed by atoms with Crippen molar-refractivity contribution in [3.05, 3.63) is 65.5 Å². The van der Waals surface area contributed by atoms with Gasteiger partial charge in [-0.05, 0) is 12.0 Å². The lowest BCUT2D eigenvalue weighted by Gasteiger charge is -2.23. The average Bonchev–Trinajstić information content (AvgIpc) is 2.91. The zero-order chi connectivity index (χ0) is 15.7. The molecule has 6 heteroatoms. The number of carbonyl (C=O) groups is 1. The van der Waals surface area contributed by atoms with Gasteiger partial charge in [0.25, 0.3) is 5.91 Å². The topological polar surface area (TPSA) is 53.4 Å². The second-order valence-corrected chi connectivity index (χ2v) is 5.36. The van der Waals surface area contributed by atoms with Crippen molar-refractivity contribution in [2.24, 2.45) is 0 Å². The van der Waals surface area contributed by atoms with E-state index < -0.39 is 28.8 Å². The first kappa shape index (κ1) is 14.6. The van der Waals surface area contributed by atoms with Crippen LogP contribution in [0.15, 0.2) is 42.6 Å². The molecule has 0 spiro atoms. The molecule has 1 atom stereocenters. The molecule has 1 amide bonds. The molecule has 1 aliphatic heterocycles. The van der Waals surface area contributed by atoms with Gasteiger partial charge in [0.05, 0.1) is 12.7 Å². The van der Waals surface area contributed by atoms with Crippen molar-refractivity contribution in [2.75, 3.05) is 13.1 Å². The number of carbonyl (C=O) groups excluding carboxylic acids is 1. The number of benzene rings is 1. The second-order valence-electron chi connectivity index (χ2n) is 5.36. The van der Waals surface area contributed by atoms with E-state index in [0.717, 1.165) is 6.20 Å². The quantitative estimate of drug-likeness (QED) is 0.924. The highest BCUT2D eigenvalue weighted by molar-refractivity contribution is 5.92. The molecule has 0 aliphatic carbocycles. The van der Waals surface area contributed by atoms with Crippen LogP contribution in [0.1, 0.15) is 22.5 Å². The summed E-state index contributed by atoms with van der Waals surface area (Å²) in [6.45, 7) is 0.330. The minimum atomic E-state index is -1.16. The molecule has 1 aliphatic rings. The largest absolute Gasteiger partial charge is 0.383 e. The fraction of sp³-hybridized carbons (Fsp3) is 0.250. The van der Waals surface area contributed by atoms with Gasteiger partial charge in [0.1, 0.15) is 11.4 Å². The first-order chi connectivity index (χ1) is 10.5. The lowest BCUT2D eigenvalue weighted by molar-refractivity contribution is 0.0414. The van der Waals surface area contributed by atoms with Crippen LogP contribution in [0.2, 0.25) is 0 Å². The summed E-state index contributed by atoms with van der Waals surface area (Å²) in [6.07, 6.45) is 1.15. The van der Waals surface area contributed by atoms with Gasteiger partial charge < -0.3 is 10.0 Å². The molecule has 2 aromatic rings. The normalized spacial score (nSPS) is 21.1. The number of halogens is 2. The van der Waals surface area contributed by atoms with Crippen molar-refractivity contribution >= 4 is 5.91 Å². The number of nitrogens with zero attached hydrogens (tertiary/aromatic N) is 2. The van der Waals surface area contributed by atoms with E-state index in [1.165, 1.54) is 4.90 Å². The molecule has 0 radical (unpaired) electrons. The summed E-state index contributed by atoms with van der Waals surface area (Å²) >= 11 is 0. The van der Waals surface area contributed by atoms with Crippen molar-refractivity contribution in [3.63, 3.8) is 0 Å². The average molecular weight is 304 g/mol. The minimum absolute atomic E-state index is 0.0499. The SMILES string of the molecule is O=C(c1ncc(F)cc1F)N1CCC(O)(c2ccccc2)C1. The molecule has 2 heterocycles. The lowest BCUT2D eigenvalue weighted by Crippen LogP contribution is -2.35. The summed E-state index contributed by atoms with van der Waals surface area (Å²) in [5.41, 5.74) is -0.885. The number of hydrogen-bond donors (Lipinski definition) is 1. The Balaban J connectivity index is 1.82. The van der Waals surface area contributed by atoms with E-state index >= 15 is 0 Å². The molecule has 0 saturated carbocycles. The molecule has 1 saturated heterocycles. The number of pyridine rings is 1. The Morgan fingerprint density at radius 2 is 2.00 bits per heavy atom. The van der Waals surface area contributed by atoms with Gasteiger partial charge in [-0.3, -0.25) is 4.79 Å². The van der Waals surface area contributed by atoms with Crippen molar-refractivity contribution in [2.45, 2.75) is 12.0 Å². The van der Waals surface area contributed by atoms with E-state index in [1.54, 1.807) is 24.3 Å². The van der Waals surface area contributed by atoms with Crippen LogP contribution in [0.4, 0.5) is 8.78 Å². The van der Waals surface area contributed by atoms with E-state index in [4.69, 9.17) is 0 Å². The van der Waals surface area contributed by atoms with Crippen LogP contribution in [-0.2, 0) is 5.60 Å². The number of rotatable bonds is 2. The molecule has 1 aromatic heterocycles. The van der Waals surface area contributed by atoms with Crippen LogP contribution in [0, 0.1) is 11.6 Å². The molecule has 1 fully saturated rings. The Hall–Kier alpha value is -2.34. The van der Waals surface area contributed by atoms with Crippen molar-refractivity contribution < 1.29 is 18.7 Å². The summed E-state index contributed by atoms with van der Waals surface area (Å²) in [7, 11) is 0. The molecular formula is C16H14F2N2O2. The molecule has 3 rings (SSSR count). The predicted molar refractivity (Wildman–Crippen MR) is 75.0 cm³/mol. The Morgan fingerprint density at radius 1 is 1.27 bits per heavy atom. The molecule has 114 valence electrons. The third-order valence-electron chi connectivity index (χ3n) is 3.86. The first-order valence-corrected chi connectivity index (χ1v) is 6.88. The van der Waals surface area contributed by atoms with Crippen LogP contribution < -0.4 is 0 Å².